The Morgan fingerprint density at radius 1 is 0.970 bits per heavy atom. The van der Waals surface area contributed by atoms with Crippen LogP contribution in [0.3, 0.4) is 0 Å². The molecule has 2 aromatic carbocycles. The molecule has 2 heterocycles. The number of piperidine rings is 1. The van der Waals surface area contributed by atoms with Crippen LogP contribution in [0.2, 0.25) is 5.02 Å². The lowest BCUT2D eigenvalue weighted by Gasteiger charge is -2.34. The standard InChI is InChI=1S/C24H31ClN4O3S/c1-18-9-11-29(12-10-18)33(31,32)21-7-8-23(25)22(17-21)24(30)26-19-3-5-20(6-4-19)28-15-13-27(2)14-16-28/h3-8,17-18H,9-16H2,1-2H3,(H,26,30). The van der Waals surface area contributed by atoms with Gasteiger partial charge in [-0.05, 0) is 68.3 Å². The molecule has 7 nitrogen and oxygen atoms in total. The van der Waals surface area contributed by atoms with Gasteiger partial charge in [0.1, 0.15) is 0 Å². The van der Waals surface area contributed by atoms with Gasteiger partial charge in [0.2, 0.25) is 10.0 Å². The van der Waals surface area contributed by atoms with Gasteiger partial charge in [0.05, 0.1) is 15.5 Å². The van der Waals surface area contributed by atoms with Crippen LogP contribution < -0.4 is 10.2 Å². The van der Waals surface area contributed by atoms with E-state index in [9.17, 15) is 13.2 Å². The van der Waals surface area contributed by atoms with Gasteiger partial charge in [-0.2, -0.15) is 4.31 Å². The van der Waals surface area contributed by atoms with Crippen molar-refractivity contribution in [2.45, 2.75) is 24.7 Å². The van der Waals surface area contributed by atoms with Crippen molar-refractivity contribution >= 4 is 38.9 Å². The highest BCUT2D eigenvalue weighted by molar-refractivity contribution is 7.89. The number of carbonyl (C=O) groups is 1. The zero-order valence-electron chi connectivity index (χ0n) is 19.1. The van der Waals surface area contributed by atoms with Gasteiger partial charge >= 0.3 is 0 Å². The molecule has 1 N–H and O–H groups in total. The summed E-state index contributed by atoms with van der Waals surface area (Å²) in [6.07, 6.45) is 1.68. The number of halogens is 1. The number of benzene rings is 2. The molecule has 2 aromatic rings. The van der Waals surface area contributed by atoms with E-state index in [2.05, 4.69) is 29.1 Å². The second kappa shape index (κ2) is 10.0. The predicted octanol–water partition coefficient (Wildman–Crippen LogP) is 3.76. The van der Waals surface area contributed by atoms with Crippen molar-refractivity contribution in [3.05, 3.63) is 53.1 Å². The summed E-state index contributed by atoms with van der Waals surface area (Å²) in [6.45, 7) is 7.09. The molecule has 0 radical (unpaired) electrons. The minimum Gasteiger partial charge on any atom is -0.369 e. The van der Waals surface area contributed by atoms with Crippen molar-refractivity contribution < 1.29 is 13.2 Å². The molecule has 2 aliphatic heterocycles. The lowest BCUT2D eigenvalue weighted by atomic mass is 10.0. The number of nitrogens with one attached hydrogen (secondary N) is 1. The van der Waals surface area contributed by atoms with Gasteiger partial charge in [0, 0.05) is 50.6 Å². The number of piperazine rings is 1. The van der Waals surface area contributed by atoms with Crippen molar-refractivity contribution in [2.24, 2.45) is 5.92 Å². The summed E-state index contributed by atoms with van der Waals surface area (Å²) >= 11 is 6.27. The first-order valence-corrected chi connectivity index (χ1v) is 13.2. The summed E-state index contributed by atoms with van der Waals surface area (Å²) in [7, 11) is -1.55. The van der Waals surface area contributed by atoms with Crippen LogP contribution in [0.25, 0.3) is 0 Å². The quantitative estimate of drug-likeness (QED) is 0.690. The van der Waals surface area contributed by atoms with E-state index in [1.165, 1.54) is 22.5 Å². The number of likely N-dealkylation sites (N-methyl/N-ethyl adjacent to an activating group) is 1. The van der Waals surface area contributed by atoms with Crippen molar-refractivity contribution in [1.82, 2.24) is 9.21 Å². The Morgan fingerprint density at radius 3 is 2.24 bits per heavy atom. The number of sulfonamides is 1. The first kappa shape index (κ1) is 24.0. The second-order valence-corrected chi connectivity index (χ2v) is 11.4. The van der Waals surface area contributed by atoms with Crippen LogP contribution in [0.1, 0.15) is 30.1 Å². The minimum absolute atomic E-state index is 0.0945. The third-order valence-electron chi connectivity index (χ3n) is 6.56. The largest absolute Gasteiger partial charge is 0.369 e. The fourth-order valence-corrected chi connectivity index (χ4v) is 5.93. The molecule has 2 aliphatic rings. The maximum atomic E-state index is 13.1. The maximum Gasteiger partial charge on any atom is 0.257 e. The summed E-state index contributed by atoms with van der Waals surface area (Å²) in [5, 5.41) is 3.06. The minimum atomic E-state index is -3.67. The highest BCUT2D eigenvalue weighted by atomic mass is 35.5. The first-order chi connectivity index (χ1) is 15.7. The summed E-state index contributed by atoms with van der Waals surface area (Å²) < 4.78 is 27.7. The molecule has 4 rings (SSSR count). The normalized spacial score (nSPS) is 18.9. The Labute approximate surface area is 201 Å². The molecule has 2 saturated heterocycles. The van der Waals surface area contributed by atoms with Crippen LogP contribution in [-0.2, 0) is 10.0 Å². The molecule has 1 amide bonds. The molecule has 33 heavy (non-hydrogen) atoms. The highest BCUT2D eigenvalue weighted by Gasteiger charge is 2.29. The monoisotopic (exact) mass is 490 g/mol. The Hall–Kier alpha value is -2.13. The maximum absolute atomic E-state index is 13.1. The summed E-state index contributed by atoms with van der Waals surface area (Å²) in [5.41, 5.74) is 1.89. The number of hydrogen-bond donors (Lipinski definition) is 1. The Bertz CT molecular complexity index is 1090. The van der Waals surface area contributed by atoms with Gasteiger partial charge in [0.25, 0.3) is 5.91 Å². The van der Waals surface area contributed by atoms with E-state index >= 15 is 0 Å². The SMILES string of the molecule is CC1CCN(S(=O)(=O)c2ccc(Cl)c(C(=O)Nc3ccc(N4CCN(C)CC4)cc3)c2)CC1. The average molecular weight is 491 g/mol. The van der Waals surface area contributed by atoms with Crippen LogP contribution in [-0.4, -0.2) is 69.8 Å². The topological polar surface area (TPSA) is 73.0 Å². The zero-order valence-corrected chi connectivity index (χ0v) is 20.7. The van der Waals surface area contributed by atoms with Crippen LogP contribution >= 0.6 is 11.6 Å². The lowest BCUT2D eigenvalue weighted by molar-refractivity contribution is 0.102. The van der Waals surface area contributed by atoms with Gasteiger partial charge in [-0.1, -0.05) is 18.5 Å². The van der Waals surface area contributed by atoms with E-state index in [4.69, 9.17) is 11.6 Å². The summed E-state index contributed by atoms with van der Waals surface area (Å²) in [6, 6.07) is 12.0. The van der Waals surface area contributed by atoms with E-state index in [1.807, 2.05) is 24.3 Å². The molecule has 0 atom stereocenters. The molecule has 9 heteroatoms. The molecule has 178 valence electrons. The predicted molar refractivity (Wildman–Crippen MR) is 133 cm³/mol. The van der Waals surface area contributed by atoms with Crippen molar-refractivity contribution in [1.29, 1.82) is 0 Å². The number of rotatable bonds is 5. The molecule has 0 aromatic heterocycles. The fraction of sp³-hybridized carbons (Fsp3) is 0.458. The van der Waals surface area contributed by atoms with Gasteiger partial charge < -0.3 is 15.1 Å². The Kier molecular flexibility index (Phi) is 7.28. The number of carbonyl (C=O) groups excluding carboxylic acids is 1. The first-order valence-electron chi connectivity index (χ1n) is 11.4. The van der Waals surface area contributed by atoms with Crippen LogP contribution in [0.15, 0.2) is 47.4 Å². The molecule has 0 aliphatic carbocycles. The highest BCUT2D eigenvalue weighted by Crippen LogP contribution is 2.27. The summed E-state index contributed by atoms with van der Waals surface area (Å²) in [4.78, 5) is 17.6. The molecular weight excluding hydrogens is 460 g/mol. The number of hydrogen-bond acceptors (Lipinski definition) is 5. The van der Waals surface area contributed by atoms with E-state index in [1.54, 1.807) is 0 Å². The molecule has 0 unspecified atom stereocenters. The van der Waals surface area contributed by atoms with Gasteiger partial charge in [-0.25, -0.2) is 8.42 Å². The van der Waals surface area contributed by atoms with E-state index in [-0.39, 0.29) is 15.5 Å². The molecule has 0 spiro atoms. The molecule has 0 bridgehead atoms. The zero-order chi connectivity index (χ0) is 23.6. The third kappa shape index (κ3) is 5.51. The van der Waals surface area contributed by atoms with E-state index < -0.39 is 15.9 Å². The van der Waals surface area contributed by atoms with E-state index in [0.717, 1.165) is 44.7 Å². The van der Waals surface area contributed by atoms with Crippen molar-refractivity contribution in [3.63, 3.8) is 0 Å². The molecule has 0 saturated carbocycles. The fourth-order valence-electron chi connectivity index (χ4n) is 4.23. The number of anilines is 2. The van der Waals surface area contributed by atoms with Crippen LogP contribution in [0.4, 0.5) is 11.4 Å². The lowest BCUT2D eigenvalue weighted by Crippen LogP contribution is -2.44. The van der Waals surface area contributed by atoms with E-state index in [0.29, 0.717) is 24.7 Å². The van der Waals surface area contributed by atoms with Crippen molar-refractivity contribution in [3.8, 4) is 0 Å². The Balaban J connectivity index is 1.47. The van der Waals surface area contributed by atoms with Crippen LogP contribution in [0.5, 0.6) is 0 Å². The molecular formula is C24H31ClN4O3S. The van der Waals surface area contributed by atoms with Crippen LogP contribution in [0, 0.1) is 5.92 Å². The smallest absolute Gasteiger partial charge is 0.257 e. The van der Waals surface area contributed by atoms with Gasteiger partial charge in [0.15, 0.2) is 0 Å². The number of nitrogens with zero attached hydrogens (tertiary/aromatic N) is 3. The number of amides is 1. The third-order valence-corrected chi connectivity index (χ3v) is 8.78. The summed E-state index contributed by atoms with van der Waals surface area (Å²) in [5.74, 6) is 0.0855. The molecule has 2 fully saturated rings. The average Bonchev–Trinajstić information content (AvgIpc) is 2.80. The van der Waals surface area contributed by atoms with Gasteiger partial charge in [-0.15, -0.1) is 0 Å². The van der Waals surface area contributed by atoms with Gasteiger partial charge in [-0.3, -0.25) is 4.79 Å². The van der Waals surface area contributed by atoms with Crippen molar-refractivity contribution in [2.75, 3.05) is 56.5 Å². The second-order valence-electron chi connectivity index (χ2n) is 9.02. The Morgan fingerprint density at radius 2 is 1.61 bits per heavy atom.